The summed E-state index contributed by atoms with van der Waals surface area (Å²) in [5, 5.41) is 13.2. The van der Waals surface area contributed by atoms with E-state index in [-0.39, 0.29) is 6.10 Å². The van der Waals surface area contributed by atoms with Crippen molar-refractivity contribution in [1.82, 2.24) is 4.90 Å². The molecule has 1 rings (SSSR count). The van der Waals surface area contributed by atoms with E-state index < -0.39 is 0 Å². The van der Waals surface area contributed by atoms with Crippen LogP contribution in [0.15, 0.2) is 5.11 Å². The molecular weight excluding hydrogens is 180 g/mol. The highest BCUT2D eigenvalue weighted by Gasteiger charge is 2.25. The minimum absolute atomic E-state index is 0.143. The van der Waals surface area contributed by atoms with E-state index in [1.807, 2.05) is 0 Å². The molecule has 0 amide bonds. The number of hydrogen-bond acceptors (Lipinski definition) is 3. The lowest BCUT2D eigenvalue weighted by Crippen LogP contribution is -2.43. The molecule has 5 heteroatoms. The average molecular weight is 198 g/mol. The molecule has 5 nitrogen and oxygen atoms in total. The third-order valence-electron chi connectivity index (χ3n) is 2.88. The largest absolute Gasteiger partial charge is 0.393 e. The van der Waals surface area contributed by atoms with E-state index in [9.17, 15) is 5.11 Å². The van der Waals surface area contributed by atoms with Crippen LogP contribution in [0, 0.1) is 5.92 Å². The Bertz CT molecular complexity index is 215. The molecule has 1 aliphatic rings. The Morgan fingerprint density at radius 2 is 2.43 bits per heavy atom. The van der Waals surface area contributed by atoms with Crippen molar-refractivity contribution in [1.29, 1.82) is 0 Å². The highest BCUT2D eigenvalue weighted by Crippen LogP contribution is 2.19. The first kappa shape index (κ1) is 11.3. The highest BCUT2D eigenvalue weighted by molar-refractivity contribution is 4.79. The minimum atomic E-state index is -0.143. The van der Waals surface area contributed by atoms with Crippen molar-refractivity contribution in [3.05, 3.63) is 10.4 Å². The van der Waals surface area contributed by atoms with Crippen LogP contribution in [0.25, 0.3) is 10.4 Å². The maximum absolute atomic E-state index is 9.65. The van der Waals surface area contributed by atoms with Crippen LogP contribution in [-0.4, -0.2) is 42.3 Å². The van der Waals surface area contributed by atoms with Gasteiger partial charge in [-0.2, -0.15) is 0 Å². The van der Waals surface area contributed by atoms with Crippen molar-refractivity contribution < 1.29 is 5.11 Å². The molecule has 1 aliphatic heterocycles. The maximum Gasteiger partial charge on any atom is 0.0592 e. The van der Waals surface area contributed by atoms with Gasteiger partial charge in [-0.15, -0.1) is 0 Å². The van der Waals surface area contributed by atoms with Gasteiger partial charge < -0.3 is 10.0 Å². The fourth-order valence-corrected chi connectivity index (χ4v) is 1.93. The Balaban J connectivity index is 2.30. The summed E-state index contributed by atoms with van der Waals surface area (Å²) in [5.74, 6) is 0.384. The molecule has 80 valence electrons. The third-order valence-corrected chi connectivity index (χ3v) is 2.88. The van der Waals surface area contributed by atoms with Gasteiger partial charge in [-0.3, -0.25) is 0 Å². The highest BCUT2D eigenvalue weighted by atomic mass is 16.3. The first-order valence-corrected chi connectivity index (χ1v) is 5.19. The fourth-order valence-electron chi connectivity index (χ4n) is 1.93. The van der Waals surface area contributed by atoms with Crippen LogP contribution in [0.1, 0.15) is 19.8 Å². The summed E-state index contributed by atoms with van der Waals surface area (Å²) >= 11 is 0. The molecule has 14 heavy (non-hydrogen) atoms. The molecule has 0 unspecified atom stereocenters. The van der Waals surface area contributed by atoms with Gasteiger partial charge in [0, 0.05) is 31.1 Å². The van der Waals surface area contributed by atoms with Gasteiger partial charge in [0.25, 0.3) is 0 Å². The van der Waals surface area contributed by atoms with E-state index in [1.54, 1.807) is 0 Å². The SMILES string of the molecule is CC[C@@H]1CN(CCN=[N+]=[N-])CC[C@@H]1O. The predicted molar refractivity (Wildman–Crippen MR) is 54.9 cm³/mol. The molecule has 0 aromatic heterocycles. The van der Waals surface area contributed by atoms with E-state index >= 15 is 0 Å². The summed E-state index contributed by atoms with van der Waals surface area (Å²) in [7, 11) is 0. The van der Waals surface area contributed by atoms with Gasteiger partial charge in [-0.25, -0.2) is 0 Å². The molecule has 2 atom stereocenters. The van der Waals surface area contributed by atoms with Gasteiger partial charge in [-0.05, 0) is 24.3 Å². The molecule has 0 spiro atoms. The normalized spacial score (nSPS) is 28.4. The number of nitrogens with zero attached hydrogens (tertiary/aromatic N) is 4. The monoisotopic (exact) mass is 198 g/mol. The van der Waals surface area contributed by atoms with E-state index in [1.165, 1.54) is 0 Å². The fraction of sp³-hybridized carbons (Fsp3) is 1.00. The summed E-state index contributed by atoms with van der Waals surface area (Å²) < 4.78 is 0. The first-order chi connectivity index (χ1) is 6.77. The summed E-state index contributed by atoms with van der Waals surface area (Å²) in [5.41, 5.74) is 8.14. The van der Waals surface area contributed by atoms with Gasteiger partial charge in [0.15, 0.2) is 0 Å². The summed E-state index contributed by atoms with van der Waals surface area (Å²) in [6.45, 7) is 5.29. The van der Waals surface area contributed by atoms with Gasteiger partial charge >= 0.3 is 0 Å². The van der Waals surface area contributed by atoms with Crippen molar-refractivity contribution in [3.63, 3.8) is 0 Å². The van der Waals surface area contributed by atoms with Crippen molar-refractivity contribution in [2.45, 2.75) is 25.9 Å². The lowest BCUT2D eigenvalue weighted by atomic mass is 9.92. The van der Waals surface area contributed by atoms with Crippen LogP contribution in [-0.2, 0) is 0 Å². The summed E-state index contributed by atoms with van der Waals surface area (Å²) in [6.07, 6.45) is 1.71. The van der Waals surface area contributed by atoms with Gasteiger partial charge in [0.1, 0.15) is 0 Å². The van der Waals surface area contributed by atoms with E-state index in [0.29, 0.717) is 12.5 Å². The Labute approximate surface area is 84.3 Å². The van der Waals surface area contributed by atoms with Crippen LogP contribution in [0.4, 0.5) is 0 Å². The lowest BCUT2D eigenvalue weighted by molar-refractivity contribution is 0.0264. The van der Waals surface area contributed by atoms with Crippen LogP contribution >= 0.6 is 0 Å². The number of piperidine rings is 1. The molecule has 0 saturated carbocycles. The summed E-state index contributed by atoms with van der Waals surface area (Å²) in [6, 6.07) is 0. The van der Waals surface area contributed by atoms with E-state index in [2.05, 4.69) is 21.8 Å². The predicted octanol–water partition coefficient (Wildman–Crippen LogP) is 1.39. The zero-order valence-corrected chi connectivity index (χ0v) is 8.63. The second-order valence-electron chi connectivity index (χ2n) is 3.78. The quantitative estimate of drug-likeness (QED) is 0.421. The summed E-state index contributed by atoms with van der Waals surface area (Å²) in [4.78, 5) is 4.98. The first-order valence-electron chi connectivity index (χ1n) is 5.19. The number of likely N-dealkylation sites (tertiary alicyclic amines) is 1. The second kappa shape index (κ2) is 5.86. The number of rotatable bonds is 4. The topological polar surface area (TPSA) is 72.2 Å². The van der Waals surface area contributed by atoms with E-state index in [0.717, 1.165) is 32.5 Å². The van der Waals surface area contributed by atoms with Gasteiger partial charge in [-0.1, -0.05) is 12.0 Å². The third kappa shape index (κ3) is 3.18. The number of azide groups is 1. The van der Waals surface area contributed by atoms with Crippen molar-refractivity contribution in [3.8, 4) is 0 Å². The van der Waals surface area contributed by atoms with Gasteiger partial charge in [0.05, 0.1) is 6.10 Å². The Morgan fingerprint density at radius 3 is 3.07 bits per heavy atom. The second-order valence-corrected chi connectivity index (χ2v) is 3.78. The smallest absolute Gasteiger partial charge is 0.0592 e. The van der Waals surface area contributed by atoms with Gasteiger partial charge in [0.2, 0.25) is 0 Å². The van der Waals surface area contributed by atoms with Crippen molar-refractivity contribution in [2.24, 2.45) is 11.0 Å². The molecule has 0 aromatic rings. The lowest BCUT2D eigenvalue weighted by Gasteiger charge is -2.35. The molecular formula is C9H18N4O. The minimum Gasteiger partial charge on any atom is -0.393 e. The van der Waals surface area contributed by atoms with Crippen LogP contribution in [0.5, 0.6) is 0 Å². The molecule has 0 bridgehead atoms. The number of aliphatic hydroxyl groups excluding tert-OH is 1. The zero-order valence-electron chi connectivity index (χ0n) is 8.63. The standard InChI is InChI=1S/C9H18N4O/c1-2-8-7-13(5-3-9(8)14)6-4-11-12-10/h8-9,14H,2-7H2,1H3/t8-,9+/m1/s1. The van der Waals surface area contributed by atoms with Crippen molar-refractivity contribution >= 4 is 0 Å². The van der Waals surface area contributed by atoms with Crippen molar-refractivity contribution in [2.75, 3.05) is 26.2 Å². The zero-order chi connectivity index (χ0) is 10.4. The molecule has 0 aliphatic carbocycles. The molecule has 0 radical (unpaired) electrons. The number of hydrogen-bond donors (Lipinski definition) is 1. The van der Waals surface area contributed by atoms with E-state index in [4.69, 9.17) is 5.53 Å². The van der Waals surface area contributed by atoms with Crippen LogP contribution in [0.2, 0.25) is 0 Å². The molecule has 1 heterocycles. The molecule has 1 N–H and O–H groups in total. The molecule has 0 aromatic carbocycles. The van der Waals surface area contributed by atoms with Crippen LogP contribution in [0.3, 0.4) is 0 Å². The number of aliphatic hydroxyl groups is 1. The Morgan fingerprint density at radius 1 is 1.64 bits per heavy atom. The average Bonchev–Trinajstić information content (AvgIpc) is 2.21. The Hall–Kier alpha value is -0.770. The maximum atomic E-state index is 9.65. The Kier molecular flexibility index (Phi) is 4.73. The molecule has 1 fully saturated rings. The van der Waals surface area contributed by atoms with Crippen LogP contribution < -0.4 is 0 Å². The molecule has 1 saturated heterocycles.